The Hall–Kier alpha value is -4.29. The number of fused-ring (bicyclic) bond motifs is 3. The molecule has 2 aliphatic rings. The van der Waals surface area contributed by atoms with Crippen molar-refractivity contribution in [1.82, 2.24) is 15.3 Å². The Morgan fingerprint density at radius 1 is 0.900 bits per heavy atom. The van der Waals surface area contributed by atoms with Gasteiger partial charge in [-0.05, 0) is 45.9 Å². The van der Waals surface area contributed by atoms with Crippen LogP contribution in [0, 0.1) is 0 Å². The zero-order valence-corrected chi connectivity index (χ0v) is 23.2. The van der Waals surface area contributed by atoms with Gasteiger partial charge in [-0.1, -0.05) is 87.5 Å². The van der Waals surface area contributed by atoms with E-state index in [4.69, 9.17) is 9.84 Å². The summed E-state index contributed by atoms with van der Waals surface area (Å²) < 4.78 is 6.30. The number of rotatable bonds is 7. The van der Waals surface area contributed by atoms with Gasteiger partial charge in [-0.15, -0.1) is 0 Å². The summed E-state index contributed by atoms with van der Waals surface area (Å²) in [6.45, 7) is 8.07. The number of Topliss-reactive ketones (excluding diaryl/α,β-unsaturated/α-hetero) is 1. The molecule has 6 rings (SSSR count). The molecule has 0 amide bonds. The predicted octanol–water partition coefficient (Wildman–Crippen LogP) is 6.42. The van der Waals surface area contributed by atoms with E-state index in [9.17, 15) is 4.79 Å². The van der Waals surface area contributed by atoms with E-state index in [-0.39, 0.29) is 17.2 Å². The monoisotopic (exact) mass is 530 g/mol. The van der Waals surface area contributed by atoms with Gasteiger partial charge in [0.1, 0.15) is 5.75 Å². The standard InChI is InChI=1S/C34H34N4O2/c1-34(2,3)27-14-12-26(13-15-27)32(39)33-38-30(28-6-4-5-7-31(28)40-33)20-29(37-38)25-10-8-23(9-11-25)21-36-22-24-16-18-35-19-17-24/h4-19,30,33,36H,20-22H2,1-3H3. The highest BCUT2D eigenvalue weighted by Gasteiger charge is 2.43. The van der Waals surface area contributed by atoms with E-state index in [0.717, 1.165) is 35.7 Å². The number of nitrogens with one attached hydrogen (secondary N) is 1. The average Bonchev–Trinajstić information content (AvgIpc) is 3.43. The molecule has 1 aromatic heterocycles. The largest absolute Gasteiger partial charge is 0.461 e. The molecule has 0 fully saturated rings. The fraction of sp³-hybridized carbons (Fsp3) is 0.265. The number of para-hydroxylation sites is 1. The van der Waals surface area contributed by atoms with Gasteiger partial charge >= 0.3 is 0 Å². The van der Waals surface area contributed by atoms with Crippen LogP contribution in [0.3, 0.4) is 0 Å². The van der Waals surface area contributed by atoms with E-state index in [1.54, 1.807) is 0 Å². The second-order valence-electron chi connectivity index (χ2n) is 11.5. The number of hydrogen-bond donors (Lipinski definition) is 1. The highest BCUT2D eigenvalue weighted by atomic mass is 16.5. The maximum atomic E-state index is 13.8. The molecular weight excluding hydrogens is 496 g/mol. The third-order valence-electron chi connectivity index (χ3n) is 7.65. The molecule has 2 unspecified atom stereocenters. The first kappa shape index (κ1) is 26.0. The van der Waals surface area contributed by atoms with Crippen LogP contribution < -0.4 is 10.1 Å². The number of nitrogens with zero attached hydrogens (tertiary/aromatic N) is 3. The highest BCUT2D eigenvalue weighted by molar-refractivity contribution is 6.03. The molecule has 2 aliphatic heterocycles. The van der Waals surface area contributed by atoms with E-state index in [1.807, 2.05) is 72.0 Å². The number of ether oxygens (including phenoxy) is 1. The predicted molar refractivity (Wildman–Crippen MR) is 157 cm³/mol. The summed E-state index contributed by atoms with van der Waals surface area (Å²) in [5.74, 6) is 0.668. The fourth-order valence-electron chi connectivity index (χ4n) is 5.33. The quantitative estimate of drug-likeness (QED) is 0.279. The van der Waals surface area contributed by atoms with Gasteiger partial charge in [0.25, 0.3) is 6.23 Å². The van der Waals surface area contributed by atoms with Crippen molar-refractivity contribution >= 4 is 11.5 Å². The van der Waals surface area contributed by atoms with Crippen molar-refractivity contribution in [2.24, 2.45) is 5.10 Å². The second-order valence-corrected chi connectivity index (χ2v) is 11.5. The Morgan fingerprint density at radius 3 is 2.27 bits per heavy atom. The lowest BCUT2D eigenvalue weighted by atomic mass is 9.86. The zero-order valence-electron chi connectivity index (χ0n) is 23.2. The van der Waals surface area contributed by atoms with Gasteiger partial charge < -0.3 is 10.1 Å². The molecule has 0 saturated heterocycles. The minimum Gasteiger partial charge on any atom is -0.461 e. The van der Waals surface area contributed by atoms with Crippen LogP contribution in [0.2, 0.25) is 0 Å². The third kappa shape index (κ3) is 5.27. The molecule has 0 radical (unpaired) electrons. The van der Waals surface area contributed by atoms with Crippen LogP contribution in [0.5, 0.6) is 5.75 Å². The van der Waals surface area contributed by atoms with Crippen LogP contribution in [-0.2, 0) is 18.5 Å². The van der Waals surface area contributed by atoms with Gasteiger partial charge in [-0.2, -0.15) is 5.10 Å². The zero-order chi connectivity index (χ0) is 27.7. The third-order valence-corrected chi connectivity index (χ3v) is 7.65. The number of carbonyl (C=O) groups is 1. The van der Waals surface area contributed by atoms with E-state index in [2.05, 4.69) is 61.4 Å². The Bertz CT molecular complexity index is 1520. The van der Waals surface area contributed by atoms with Gasteiger partial charge in [0.05, 0.1) is 11.8 Å². The van der Waals surface area contributed by atoms with Crippen LogP contribution in [-0.4, -0.2) is 27.7 Å². The Kier molecular flexibility index (Phi) is 6.95. The summed E-state index contributed by atoms with van der Waals surface area (Å²) >= 11 is 0. The van der Waals surface area contributed by atoms with Gasteiger partial charge in [-0.3, -0.25) is 9.78 Å². The molecule has 40 heavy (non-hydrogen) atoms. The van der Waals surface area contributed by atoms with Crippen LogP contribution in [0.4, 0.5) is 0 Å². The molecule has 6 heteroatoms. The number of benzene rings is 3. The molecule has 4 aromatic rings. The number of carbonyl (C=O) groups excluding carboxylic acids is 1. The van der Waals surface area contributed by atoms with Crippen molar-refractivity contribution < 1.29 is 9.53 Å². The SMILES string of the molecule is CC(C)(C)c1ccc(C(=O)C2Oc3ccccc3C3CC(c4ccc(CNCc5ccncc5)cc4)=NN23)cc1. The maximum absolute atomic E-state index is 13.8. The molecule has 6 nitrogen and oxygen atoms in total. The molecule has 202 valence electrons. The Balaban J connectivity index is 1.21. The lowest BCUT2D eigenvalue weighted by Gasteiger charge is -2.37. The molecule has 0 bridgehead atoms. The summed E-state index contributed by atoms with van der Waals surface area (Å²) in [6, 6.07) is 28.4. The first-order valence-electron chi connectivity index (χ1n) is 13.8. The normalized spacial score (nSPS) is 18.0. The molecule has 2 atom stereocenters. The lowest BCUT2D eigenvalue weighted by molar-refractivity contribution is -0.00455. The lowest BCUT2D eigenvalue weighted by Crippen LogP contribution is -2.45. The minimum atomic E-state index is -0.811. The summed E-state index contributed by atoms with van der Waals surface area (Å²) in [4.78, 5) is 17.8. The van der Waals surface area contributed by atoms with Crippen LogP contribution in [0.1, 0.15) is 71.4 Å². The second kappa shape index (κ2) is 10.7. The molecule has 1 N–H and O–H groups in total. The molecule has 3 aromatic carbocycles. The van der Waals surface area contributed by atoms with E-state index in [1.165, 1.54) is 16.7 Å². The van der Waals surface area contributed by atoms with Crippen molar-refractivity contribution in [2.75, 3.05) is 0 Å². The van der Waals surface area contributed by atoms with Crippen molar-refractivity contribution in [1.29, 1.82) is 0 Å². The Labute approximate surface area is 235 Å². The van der Waals surface area contributed by atoms with E-state index >= 15 is 0 Å². The van der Waals surface area contributed by atoms with Crippen molar-refractivity contribution in [2.45, 2.75) is 58.0 Å². The smallest absolute Gasteiger partial charge is 0.251 e. The van der Waals surface area contributed by atoms with Crippen LogP contribution >= 0.6 is 0 Å². The van der Waals surface area contributed by atoms with Crippen molar-refractivity contribution in [3.63, 3.8) is 0 Å². The number of aromatic nitrogens is 1. The molecular formula is C34H34N4O2. The summed E-state index contributed by atoms with van der Waals surface area (Å²) in [7, 11) is 0. The van der Waals surface area contributed by atoms with Gasteiger partial charge in [-0.25, -0.2) is 5.01 Å². The minimum absolute atomic E-state index is 0.0202. The highest BCUT2D eigenvalue weighted by Crippen LogP contribution is 2.43. The first-order valence-corrected chi connectivity index (χ1v) is 13.8. The number of hydrazone groups is 1. The van der Waals surface area contributed by atoms with E-state index < -0.39 is 6.23 Å². The molecule has 0 saturated carbocycles. The Morgan fingerprint density at radius 2 is 1.57 bits per heavy atom. The van der Waals surface area contributed by atoms with Gasteiger partial charge in [0.2, 0.25) is 5.78 Å². The molecule has 0 aliphatic carbocycles. The van der Waals surface area contributed by atoms with E-state index in [0.29, 0.717) is 12.0 Å². The van der Waals surface area contributed by atoms with Crippen LogP contribution in [0.15, 0.2) is 102 Å². The van der Waals surface area contributed by atoms with Gasteiger partial charge in [0, 0.05) is 43.0 Å². The average molecular weight is 531 g/mol. The van der Waals surface area contributed by atoms with Crippen LogP contribution in [0.25, 0.3) is 0 Å². The fourth-order valence-corrected chi connectivity index (χ4v) is 5.33. The van der Waals surface area contributed by atoms with Gasteiger partial charge in [0.15, 0.2) is 0 Å². The maximum Gasteiger partial charge on any atom is 0.251 e. The number of hydrogen-bond acceptors (Lipinski definition) is 6. The molecule has 0 spiro atoms. The number of pyridine rings is 1. The number of ketones is 1. The summed E-state index contributed by atoms with van der Waals surface area (Å²) in [5.41, 5.74) is 7.33. The van der Waals surface area contributed by atoms with Crippen molar-refractivity contribution in [3.8, 4) is 5.75 Å². The van der Waals surface area contributed by atoms with Crippen molar-refractivity contribution in [3.05, 3.63) is 131 Å². The summed E-state index contributed by atoms with van der Waals surface area (Å²) in [6.07, 6.45) is 3.53. The first-order chi connectivity index (χ1) is 19.4. The topological polar surface area (TPSA) is 66.8 Å². The summed E-state index contributed by atoms with van der Waals surface area (Å²) in [5, 5.41) is 10.3. The molecule has 3 heterocycles.